The largest absolute Gasteiger partial charge is 0.510 e. The van der Waals surface area contributed by atoms with Crippen LogP contribution >= 0.6 is 23.6 Å². The van der Waals surface area contributed by atoms with Gasteiger partial charge in [-0.25, -0.2) is 22.8 Å². The van der Waals surface area contributed by atoms with E-state index < -0.39 is 116 Å². The number of hydrogen-bond donors (Lipinski definition) is 11. The van der Waals surface area contributed by atoms with Crippen LogP contribution in [0, 0.1) is 0 Å². The van der Waals surface area contributed by atoms with Crippen LogP contribution in [-0.4, -0.2) is 136 Å². The molecule has 2 aliphatic rings. The lowest BCUT2D eigenvalue weighted by molar-refractivity contribution is -0.746. The molecule has 4 aromatic rings. The summed E-state index contributed by atoms with van der Waals surface area (Å²) in [6, 6.07) is 0. The Bertz CT molecular complexity index is 2410. The molecular weight excluding hydrogens is 856 g/mol. The molecule has 0 aliphatic carbocycles. The Kier molecular flexibility index (Phi) is 12.7. The number of imidazole rings is 2. The molecule has 58 heavy (non-hydrogen) atoms. The number of phosphoric ester groups is 2. The van der Waals surface area contributed by atoms with Crippen molar-refractivity contribution in [1.29, 1.82) is 0 Å². The van der Waals surface area contributed by atoms with Crippen LogP contribution in [0.25, 0.3) is 22.3 Å². The van der Waals surface area contributed by atoms with E-state index in [0.29, 0.717) is 0 Å². The van der Waals surface area contributed by atoms with Crippen LogP contribution in [0.5, 0.6) is 0 Å². The van der Waals surface area contributed by atoms with Crippen molar-refractivity contribution in [3.63, 3.8) is 0 Å². The van der Waals surface area contributed by atoms with Crippen molar-refractivity contribution in [2.24, 2.45) is 7.05 Å². The third-order valence-corrected chi connectivity index (χ3v) is 11.2. The fourth-order valence-corrected chi connectivity index (χ4v) is 8.15. The monoisotopic (exact) mass is 894 g/mol. The Labute approximate surface area is 321 Å². The van der Waals surface area contributed by atoms with E-state index in [1.165, 1.54) is 40.5 Å². The number of fused-ring (bicyclic) bond motifs is 2. The number of aromatic nitrogens is 8. The Balaban J connectivity index is 1.03. The van der Waals surface area contributed by atoms with Gasteiger partial charge in [0.25, 0.3) is 23.0 Å². The molecule has 33 heteroatoms. The normalized spacial score (nSPS) is 28.8. The number of nitrogens with one attached hydrogen (secondary N) is 3. The number of halogens is 1. The van der Waals surface area contributed by atoms with Crippen molar-refractivity contribution in [1.82, 2.24) is 29.5 Å². The van der Waals surface area contributed by atoms with E-state index in [0.717, 1.165) is 0 Å². The molecule has 0 saturated carbocycles. The number of H-pyrrole nitrogens is 3. The van der Waals surface area contributed by atoms with Crippen LogP contribution in [0.2, 0.25) is 0 Å². The molecule has 322 valence electrons. The third kappa shape index (κ3) is 9.53. The van der Waals surface area contributed by atoms with Crippen LogP contribution in [-0.2, 0) is 57.6 Å². The van der Waals surface area contributed by atoms with Gasteiger partial charge in [0.15, 0.2) is 12.7 Å². The molecule has 12 atom stereocenters. The number of phosphoric acid groups is 2. The second-order valence-electron chi connectivity index (χ2n) is 12.7. The minimum absolute atomic E-state index is 0.00249. The molecule has 0 bridgehead atoms. The number of anilines is 2. The first kappa shape index (κ1) is 43.9. The fourth-order valence-electron chi connectivity index (χ4n) is 6.13. The standard InChI is InChI=1S/C25H36FN10O19P3/c1-34-8-36(19-13(34)21(41)33-25(28)31-19)22-16(39)14(37)10(53-22)5-51-57(44,45)49-3-9(55-56(26,42)43)4-50-58(46,47)52-6-11-15(38)17(48-2)23(54-11)35-7-29-12-18(35)30-24(27)32-20(12)40/h7-11,14-17,22-23,37-39H,3-6H2,1-2H3,(H8-,27,28,30,31,32,33,40,41,42,43,44,45,46,47)/p+2/t9?,10-,11?,14-,15-,16-,17-,22?,23-/m1/s1. The van der Waals surface area contributed by atoms with Crippen LogP contribution in [0.15, 0.2) is 22.2 Å². The molecule has 6 rings (SSSR count). The zero-order valence-corrected chi connectivity index (χ0v) is 32.5. The Morgan fingerprint density at radius 1 is 0.862 bits per heavy atom. The zero-order valence-electron chi connectivity index (χ0n) is 29.8. The third-order valence-electron chi connectivity index (χ3n) is 8.70. The van der Waals surface area contributed by atoms with Gasteiger partial charge in [-0.1, -0.05) is 9.97 Å². The molecular formula is C25H38FN10O19P3+2. The number of rotatable bonds is 17. The molecule has 2 saturated heterocycles. The van der Waals surface area contributed by atoms with E-state index in [4.69, 9.17) is 48.7 Å². The summed E-state index contributed by atoms with van der Waals surface area (Å²) >= 11 is 0. The maximum Gasteiger partial charge on any atom is 0.510 e. The summed E-state index contributed by atoms with van der Waals surface area (Å²) < 4.78 is 94.3. The average Bonchev–Trinajstić information content (AvgIpc) is 3.86. The number of aromatic amines is 3. The minimum atomic E-state index is -5.91. The zero-order chi connectivity index (χ0) is 42.5. The van der Waals surface area contributed by atoms with Crippen LogP contribution in [0.4, 0.5) is 16.1 Å². The first-order valence-corrected chi connectivity index (χ1v) is 20.9. The van der Waals surface area contributed by atoms with E-state index in [2.05, 4.69) is 29.4 Å². The highest BCUT2D eigenvalue weighted by molar-refractivity contribution is 7.48. The summed E-state index contributed by atoms with van der Waals surface area (Å²) in [5.74, 6) is -0.503. The number of ether oxygens (including phenoxy) is 3. The van der Waals surface area contributed by atoms with Crippen LogP contribution < -0.4 is 31.7 Å². The number of aliphatic hydroxyl groups excluding tert-OH is 3. The molecule has 0 amide bonds. The molecule has 2 fully saturated rings. The van der Waals surface area contributed by atoms with Gasteiger partial charge in [-0.05, 0) is 0 Å². The van der Waals surface area contributed by atoms with E-state index in [9.17, 15) is 52.6 Å². The van der Waals surface area contributed by atoms with Crippen molar-refractivity contribution in [3.8, 4) is 0 Å². The van der Waals surface area contributed by atoms with E-state index in [1.807, 2.05) is 0 Å². The predicted molar refractivity (Wildman–Crippen MR) is 183 cm³/mol. The van der Waals surface area contributed by atoms with E-state index >= 15 is 0 Å². The average molecular weight is 895 g/mol. The molecule has 6 unspecified atom stereocenters. The summed E-state index contributed by atoms with van der Waals surface area (Å²) in [6.07, 6.45) is -11.2. The molecule has 4 aromatic heterocycles. The Morgan fingerprint density at radius 2 is 1.41 bits per heavy atom. The molecule has 29 nitrogen and oxygen atoms in total. The van der Waals surface area contributed by atoms with Crippen molar-refractivity contribution in [3.05, 3.63) is 33.4 Å². The number of nitrogens with two attached hydrogens (primary N) is 2. The Hall–Kier alpha value is -3.64. The lowest BCUT2D eigenvalue weighted by Gasteiger charge is -2.22. The van der Waals surface area contributed by atoms with E-state index in [1.54, 1.807) is 0 Å². The van der Waals surface area contributed by atoms with Crippen molar-refractivity contribution >= 4 is 57.8 Å². The number of nitrogen functional groups attached to an aromatic ring is 2. The highest BCUT2D eigenvalue weighted by Crippen LogP contribution is 2.50. The molecule has 6 heterocycles. The van der Waals surface area contributed by atoms with Crippen molar-refractivity contribution in [2.75, 3.05) is 45.0 Å². The Morgan fingerprint density at radius 3 is 2.00 bits per heavy atom. The number of methoxy groups -OCH3 is 1. The summed E-state index contributed by atoms with van der Waals surface area (Å²) in [4.78, 5) is 69.6. The van der Waals surface area contributed by atoms with Gasteiger partial charge in [0, 0.05) is 7.11 Å². The summed E-state index contributed by atoms with van der Waals surface area (Å²) in [5.41, 5.74) is 10.0. The van der Waals surface area contributed by atoms with Gasteiger partial charge in [0.1, 0.15) is 42.7 Å². The number of aliphatic hydroxyl groups is 3. The minimum Gasteiger partial charge on any atom is -0.387 e. The van der Waals surface area contributed by atoms with Crippen LogP contribution in [0.3, 0.4) is 0 Å². The molecule has 0 aromatic carbocycles. The highest BCUT2D eigenvalue weighted by Gasteiger charge is 2.50. The molecule has 2 aliphatic heterocycles. The van der Waals surface area contributed by atoms with Crippen molar-refractivity contribution in [2.45, 2.75) is 55.2 Å². The first-order valence-electron chi connectivity index (χ1n) is 16.4. The second-order valence-corrected chi connectivity index (χ2v) is 16.7. The van der Waals surface area contributed by atoms with E-state index in [-0.39, 0.29) is 34.2 Å². The number of aryl methyl sites for hydroxylation is 1. The maximum atomic E-state index is 13.7. The van der Waals surface area contributed by atoms with Crippen LogP contribution in [0.1, 0.15) is 12.5 Å². The lowest BCUT2D eigenvalue weighted by atomic mass is 10.1. The number of hydrogen-bond acceptors (Lipinski definition) is 20. The van der Waals surface area contributed by atoms with Gasteiger partial charge in [0.2, 0.25) is 23.5 Å². The summed E-state index contributed by atoms with van der Waals surface area (Å²) in [6.45, 7) is -4.37. The lowest BCUT2D eigenvalue weighted by Crippen LogP contribution is -2.46. The first-order chi connectivity index (χ1) is 27.1. The van der Waals surface area contributed by atoms with Gasteiger partial charge in [0.05, 0.1) is 33.5 Å². The van der Waals surface area contributed by atoms with Gasteiger partial charge < -0.3 is 50.8 Å². The predicted octanol–water partition coefficient (Wildman–Crippen LogP) is -4.12. The summed E-state index contributed by atoms with van der Waals surface area (Å²) in [5, 5.41) is 32.1. The topological polar surface area (TPSA) is 418 Å². The van der Waals surface area contributed by atoms with Gasteiger partial charge >= 0.3 is 34.8 Å². The SMILES string of the molecule is CO[C@@H]1[C@H](O)C(COP(=O)(O)OCC(COP(=O)(O)OC[C@H]2OC([n+]3cn(C)c4c(=O)[nH]c(N)nc43)[C@H](O)[C@@H]2O)OP(=O)(O)F)O[C@H]1[n+]1c[nH]c2c(=O)[nH]c(N)nc21. The van der Waals surface area contributed by atoms with Gasteiger partial charge in [-0.2, -0.15) is 0 Å². The number of nitrogens with zero attached hydrogens (tertiary/aromatic N) is 5. The highest BCUT2D eigenvalue weighted by atomic mass is 31.2. The molecule has 0 spiro atoms. The molecule has 0 radical (unpaired) electrons. The second kappa shape index (κ2) is 16.8. The van der Waals surface area contributed by atoms with Gasteiger partial charge in [-0.15, -0.1) is 4.20 Å². The fraction of sp³-hybridized carbons (Fsp3) is 0.600. The van der Waals surface area contributed by atoms with Crippen molar-refractivity contribution < 1.29 is 93.9 Å². The maximum absolute atomic E-state index is 13.7. The molecule has 13 N–H and O–H groups in total. The quantitative estimate of drug-likeness (QED) is 0.0354. The smallest absolute Gasteiger partial charge is 0.387 e. The van der Waals surface area contributed by atoms with Gasteiger partial charge in [-0.3, -0.25) is 56.6 Å². The summed E-state index contributed by atoms with van der Waals surface area (Å²) in [7, 11) is -13.7.